The Morgan fingerprint density at radius 3 is 2.23 bits per heavy atom. The third kappa shape index (κ3) is 6.69. The molecular weight excluding hydrogens is 624 g/mol. The quantitative estimate of drug-likeness (QED) is 0.236. The molecule has 0 bridgehead atoms. The molecule has 0 aliphatic carbocycles. The largest absolute Gasteiger partial charge is 0.495 e. The van der Waals surface area contributed by atoms with Crippen LogP contribution >= 0.6 is 11.6 Å². The Morgan fingerprint density at radius 2 is 1.60 bits per heavy atom. The van der Waals surface area contributed by atoms with Crippen LogP contribution in [0.25, 0.3) is 0 Å². The summed E-state index contributed by atoms with van der Waals surface area (Å²) < 4.78 is 66.9. The summed E-state index contributed by atoms with van der Waals surface area (Å²) in [5.74, 6) is -0.683. The molecule has 0 unspecified atom stereocenters. The molecule has 1 N–H and O–H groups in total. The SMILES string of the molecule is COc1ccc(S(=O)(=O)N2CCCC2)cc1NC(=O)CN(c1cc(Cl)ccc1OC)S(=O)(=O)c1ccc(C)c([N+](=O)[O-])c1. The van der Waals surface area contributed by atoms with Gasteiger partial charge in [0.1, 0.15) is 18.0 Å². The summed E-state index contributed by atoms with van der Waals surface area (Å²) in [5.41, 5.74) is -0.298. The maximum atomic E-state index is 14.0. The second-order valence-electron chi connectivity index (χ2n) is 9.55. The molecule has 3 aromatic rings. The van der Waals surface area contributed by atoms with Gasteiger partial charge in [0.25, 0.3) is 15.7 Å². The van der Waals surface area contributed by atoms with Crippen molar-refractivity contribution in [1.82, 2.24) is 4.31 Å². The van der Waals surface area contributed by atoms with Gasteiger partial charge in [-0.2, -0.15) is 4.31 Å². The molecule has 230 valence electrons. The van der Waals surface area contributed by atoms with Crippen molar-refractivity contribution in [3.05, 3.63) is 75.3 Å². The van der Waals surface area contributed by atoms with Gasteiger partial charge in [-0.05, 0) is 62.2 Å². The monoisotopic (exact) mass is 652 g/mol. The number of benzene rings is 3. The lowest BCUT2D eigenvalue weighted by Gasteiger charge is -2.26. The summed E-state index contributed by atoms with van der Waals surface area (Å²) in [6, 6.07) is 11.5. The van der Waals surface area contributed by atoms with Crippen LogP contribution in [0.4, 0.5) is 17.1 Å². The summed E-state index contributed by atoms with van der Waals surface area (Å²) in [6.07, 6.45) is 1.47. The highest BCUT2D eigenvalue weighted by Crippen LogP contribution is 2.36. The van der Waals surface area contributed by atoms with Crippen molar-refractivity contribution in [2.75, 3.05) is 43.5 Å². The molecule has 0 saturated carbocycles. The maximum Gasteiger partial charge on any atom is 0.273 e. The number of carbonyl (C=O) groups excluding carboxylic acids is 1. The zero-order chi connectivity index (χ0) is 31.5. The molecule has 13 nitrogen and oxygen atoms in total. The Hall–Kier alpha value is -3.92. The van der Waals surface area contributed by atoms with E-state index in [-0.39, 0.29) is 38.4 Å². The molecule has 16 heteroatoms. The first-order chi connectivity index (χ1) is 20.3. The number of nitrogens with zero attached hydrogens (tertiary/aromatic N) is 3. The minimum atomic E-state index is -4.63. The zero-order valence-electron chi connectivity index (χ0n) is 23.4. The maximum absolute atomic E-state index is 14.0. The number of carbonyl (C=O) groups is 1. The molecule has 1 aliphatic heterocycles. The molecule has 1 amide bonds. The number of methoxy groups -OCH3 is 2. The molecule has 0 aromatic heterocycles. The van der Waals surface area contributed by atoms with Crippen molar-refractivity contribution < 1.29 is 36.0 Å². The summed E-state index contributed by atoms with van der Waals surface area (Å²) >= 11 is 6.18. The lowest BCUT2D eigenvalue weighted by Crippen LogP contribution is -2.38. The molecule has 43 heavy (non-hydrogen) atoms. The van der Waals surface area contributed by atoms with Crippen molar-refractivity contribution >= 4 is 54.6 Å². The number of hydrogen-bond acceptors (Lipinski definition) is 9. The van der Waals surface area contributed by atoms with Crippen LogP contribution in [-0.2, 0) is 24.8 Å². The fourth-order valence-corrected chi connectivity index (χ4v) is 7.73. The highest BCUT2D eigenvalue weighted by Gasteiger charge is 2.32. The van der Waals surface area contributed by atoms with E-state index >= 15 is 0 Å². The highest BCUT2D eigenvalue weighted by atomic mass is 35.5. The molecule has 1 fully saturated rings. The van der Waals surface area contributed by atoms with E-state index in [2.05, 4.69) is 5.32 Å². The molecule has 1 saturated heterocycles. The van der Waals surface area contributed by atoms with Crippen molar-refractivity contribution in [3.63, 3.8) is 0 Å². The Morgan fingerprint density at radius 1 is 0.977 bits per heavy atom. The van der Waals surface area contributed by atoms with E-state index in [9.17, 15) is 31.7 Å². The summed E-state index contributed by atoms with van der Waals surface area (Å²) in [7, 11) is -5.84. The number of hydrogen-bond donors (Lipinski definition) is 1. The standard InChI is InChI=1S/C27H29ClN4O9S2/c1-18-6-8-21(16-23(18)32(34)35)43(38,39)31(24-14-19(28)7-10-26(24)41-3)17-27(33)29-22-15-20(9-11-25(22)40-2)42(36,37)30-12-4-5-13-30/h6-11,14-16H,4-5,12-13,17H2,1-3H3,(H,29,33). The fraction of sp³-hybridized carbons (Fsp3) is 0.296. The average molecular weight is 653 g/mol. The summed E-state index contributed by atoms with van der Waals surface area (Å²) in [5, 5.41) is 14.2. The first-order valence-electron chi connectivity index (χ1n) is 12.9. The minimum Gasteiger partial charge on any atom is -0.495 e. The predicted molar refractivity (Wildman–Crippen MR) is 160 cm³/mol. The first kappa shape index (κ1) is 32.0. The number of nitro benzene ring substituents is 1. The van der Waals surface area contributed by atoms with Gasteiger partial charge in [-0.1, -0.05) is 17.7 Å². The lowest BCUT2D eigenvalue weighted by atomic mass is 10.2. The van der Waals surface area contributed by atoms with Gasteiger partial charge in [0.2, 0.25) is 15.9 Å². The van der Waals surface area contributed by atoms with Crippen molar-refractivity contribution in [1.29, 1.82) is 0 Å². The van der Waals surface area contributed by atoms with Crippen LogP contribution < -0.4 is 19.1 Å². The van der Waals surface area contributed by atoms with Gasteiger partial charge < -0.3 is 14.8 Å². The van der Waals surface area contributed by atoms with Gasteiger partial charge in [-0.25, -0.2) is 16.8 Å². The third-order valence-corrected chi connectivity index (χ3v) is 10.7. The van der Waals surface area contributed by atoms with Gasteiger partial charge in [-0.15, -0.1) is 0 Å². The number of nitrogens with one attached hydrogen (secondary N) is 1. The zero-order valence-corrected chi connectivity index (χ0v) is 25.8. The summed E-state index contributed by atoms with van der Waals surface area (Å²) in [6.45, 7) is 1.38. The van der Waals surface area contributed by atoms with Gasteiger partial charge in [0.15, 0.2) is 0 Å². The van der Waals surface area contributed by atoms with E-state index in [1.165, 1.54) is 74.0 Å². The Labute approximate surface area is 254 Å². The number of aryl methyl sites for hydroxylation is 1. The van der Waals surface area contributed by atoms with Gasteiger partial charge in [0, 0.05) is 29.7 Å². The molecule has 4 rings (SSSR count). The topological polar surface area (TPSA) is 165 Å². The Kier molecular flexibility index (Phi) is 9.49. The molecule has 3 aromatic carbocycles. The van der Waals surface area contributed by atoms with Crippen LogP contribution in [0.15, 0.2) is 64.4 Å². The average Bonchev–Trinajstić information content (AvgIpc) is 3.52. The lowest BCUT2D eigenvalue weighted by molar-refractivity contribution is -0.385. The second-order valence-corrected chi connectivity index (χ2v) is 13.8. The van der Waals surface area contributed by atoms with Crippen LogP contribution in [0.5, 0.6) is 11.5 Å². The second kappa shape index (κ2) is 12.8. The molecule has 1 aliphatic rings. The smallest absolute Gasteiger partial charge is 0.273 e. The van der Waals surface area contributed by atoms with Crippen LogP contribution in [0, 0.1) is 17.0 Å². The molecule has 0 spiro atoms. The molecule has 1 heterocycles. The number of anilines is 2. The van der Waals surface area contributed by atoms with Crippen LogP contribution in [0.1, 0.15) is 18.4 Å². The van der Waals surface area contributed by atoms with E-state index < -0.39 is 48.0 Å². The van der Waals surface area contributed by atoms with Crippen molar-refractivity contribution in [3.8, 4) is 11.5 Å². The van der Waals surface area contributed by atoms with E-state index in [4.69, 9.17) is 21.1 Å². The number of amides is 1. The highest BCUT2D eigenvalue weighted by molar-refractivity contribution is 7.93. The van der Waals surface area contributed by atoms with Crippen molar-refractivity contribution in [2.24, 2.45) is 0 Å². The third-order valence-electron chi connectivity index (χ3n) is 6.81. The first-order valence-corrected chi connectivity index (χ1v) is 16.1. The summed E-state index contributed by atoms with van der Waals surface area (Å²) in [4.78, 5) is 23.8. The minimum absolute atomic E-state index is 0.00541. The molecule has 0 atom stereocenters. The van der Waals surface area contributed by atoms with E-state index in [0.717, 1.165) is 18.9 Å². The van der Waals surface area contributed by atoms with Crippen LogP contribution in [0.2, 0.25) is 5.02 Å². The van der Waals surface area contributed by atoms with Crippen LogP contribution in [0.3, 0.4) is 0 Å². The van der Waals surface area contributed by atoms with Crippen LogP contribution in [-0.4, -0.2) is 65.8 Å². The number of halogens is 1. The van der Waals surface area contributed by atoms with E-state index in [0.29, 0.717) is 17.4 Å². The van der Waals surface area contributed by atoms with Gasteiger partial charge in [0.05, 0.1) is 40.3 Å². The van der Waals surface area contributed by atoms with Gasteiger partial charge in [-0.3, -0.25) is 19.2 Å². The fourth-order valence-electron chi connectivity index (χ4n) is 4.57. The number of sulfonamides is 2. The number of ether oxygens (including phenoxy) is 2. The Bertz CT molecular complexity index is 1780. The normalized spacial score (nSPS) is 13.9. The van der Waals surface area contributed by atoms with Crippen molar-refractivity contribution in [2.45, 2.75) is 29.6 Å². The van der Waals surface area contributed by atoms with E-state index in [1.54, 1.807) is 0 Å². The number of nitro groups is 1. The number of rotatable bonds is 11. The van der Waals surface area contributed by atoms with Gasteiger partial charge >= 0.3 is 0 Å². The predicted octanol–water partition coefficient (Wildman–Crippen LogP) is 4.19. The Balaban J connectivity index is 1.75. The molecule has 0 radical (unpaired) electrons. The van der Waals surface area contributed by atoms with E-state index in [1.807, 2.05) is 0 Å². The molecular formula is C27H29ClN4O9S2.